The second-order valence-electron chi connectivity index (χ2n) is 5.91. The van der Waals surface area contributed by atoms with Crippen LogP contribution in [0.1, 0.15) is 19.4 Å². The van der Waals surface area contributed by atoms with Crippen molar-refractivity contribution in [3.05, 3.63) is 59.6 Å². The summed E-state index contributed by atoms with van der Waals surface area (Å²) in [6, 6.07) is 10.6. The Morgan fingerprint density at radius 2 is 1.81 bits per heavy atom. The predicted molar refractivity (Wildman–Crippen MR) is 98.0 cm³/mol. The summed E-state index contributed by atoms with van der Waals surface area (Å²) in [6.07, 6.45) is -2.75. The van der Waals surface area contributed by atoms with Gasteiger partial charge in [0.1, 0.15) is 5.75 Å². The predicted octanol–water partition coefficient (Wildman–Crippen LogP) is 6.36. The minimum Gasteiger partial charge on any atom is -0.491 e. The first-order valence-corrected chi connectivity index (χ1v) is 8.86. The topological polar surface area (TPSA) is 34.1 Å². The molecule has 0 spiro atoms. The third kappa shape index (κ3) is 4.35. The maximum Gasteiger partial charge on any atom is 0.416 e. The summed E-state index contributed by atoms with van der Waals surface area (Å²) in [5.41, 5.74) is 0.975. The van der Waals surface area contributed by atoms with Crippen molar-refractivity contribution in [3.63, 3.8) is 0 Å². The zero-order valence-electron chi connectivity index (χ0n) is 14.2. The van der Waals surface area contributed by atoms with E-state index in [0.717, 1.165) is 12.1 Å². The molecule has 0 saturated carbocycles. The largest absolute Gasteiger partial charge is 0.491 e. The SMILES string of the molecule is CC(C)Oc1ccc(-c2cc(C(F)(F)F)ccc2Nc2nccs2)cc1. The highest BCUT2D eigenvalue weighted by Crippen LogP contribution is 2.37. The Kier molecular flexibility index (Phi) is 5.18. The first-order valence-electron chi connectivity index (χ1n) is 7.98. The highest BCUT2D eigenvalue weighted by Gasteiger charge is 2.31. The van der Waals surface area contributed by atoms with Crippen LogP contribution in [0.3, 0.4) is 0 Å². The minimum atomic E-state index is -4.41. The van der Waals surface area contributed by atoms with Crippen LogP contribution < -0.4 is 10.1 Å². The molecule has 0 fully saturated rings. The van der Waals surface area contributed by atoms with Gasteiger partial charge in [-0.3, -0.25) is 0 Å². The minimum absolute atomic E-state index is 0.0246. The number of thiazole rings is 1. The molecule has 2 aromatic carbocycles. The number of benzene rings is 2. The smallest absolute Gasteiger partial charge is 0.416 e. The number of halogens is 3. The lowest BCUT2D eigenvalue weighted by atomic mass is 10.0. The quantitative estimate of drug-likeness (QED) is 0.561. The lowest BCUT2D eigenvalue weighted by Crippen LogP contribution is -2.06. The van der Waals surface area contributed by atoms with Gasteiger partial charge in [0.25, 0.3) is 0 Å². The summed E-state index contributed by atoms with van der Waals surface area (Å²) < 4.78 is 45.0. The monoisotopic (exact) mass is 378 g/mol. The summed E-state index contributed by atoms with van der Waals surface area (Å²) >= 11 is 1.38. The molecule has 0 amide bonds. The van der Waals surface area contributed by atoms with Crippen LogP contribution in [0.4, 0.5) is 24.0 Å². The highest BCUT2D eigenvalue weighted by molar-refractivity contribution is 7.13. The Morgan fingerprint density at radius 3 is 2.38 bits per heavy atom. The number of nitrogens with one attached hydrogen (secondary N) is 1. The molecule has 26 heavy (non-hydrogen) atoms. The van der Waals surface area contributed by atoms with E-state index in [4.69, 9.17) is 4.74 Å². The zero-order chi connectivity index (χ0) is 18.7. The molecule has 7 heteroatoms. The first kappa shape index (κ1) is 18.3. The van der Waals surface area contributed by atoms with E-state index in [1.54, 1.807) is 35.8 Å². The number of hydrogen-bond donors (Lipinski definition) is 1. The van der Waals surface area contributed by atoms with Gasteiger partial charge in [0.15, 0.2) is 5.13 Å². The molecule has 3 aromatic rings. The average molecular weight is 378 g/mol. The van der Waals surface area contributed by atoms with E-state index < -0.39 is 11.7 Å². The first-order chi connectivity index (χ1) is 12.3. The van der Waals surface area contributed by atoms with E-state index in [9.17, 15) is 13.2 Å². The standard InChI is InChI=1S/C19H17F3N2OS/c1-12(2)25-15-6-3-13(4-7-15)16-11-14(19(20,21)22)5-8-17(16)24-18-23-9-10-26-18/h3-12H,1-2H3,(H,23,24). The molecule has 0 atom stereocenters. The fraction of sp³-hybridized carbons (Fsp3) is 0.211. The van der Waals surface area contributed by atoms with Crippen molar-refractivity contribution < 1.29 is 17.9 Å². The van der Waals surface area contributed by atoms with Crippen molar-refractivity contribution >= 4 is 22.2 Å². The Labute approximate surface area is 153 Å². The van der Waals surface area contributed by atoms with Gasteiger partial charge >= 0.3 is 6.18 Å². The molecule has 1 heterocycles. The third-order valence-electron chi connectivity index (χ3n) is 3.56. The number of ether oxygens (including phenoxy) is 1. The molecule has 0 saturated heterocycles. The van der Waals surface area contributed by atoms with Gasteiger partial charge in [0.05, 0.1) is 11.7 Å². The van der Waals surface area contributed by atoms with Gasteiger partial charge in [-0.25, -0.2) is 4.98 Å². The van der Waals surface area contributed by atoms with Crippen LogP contribution >= 0.6 is 11.3 Å². The summed E-state index contributed by atoms with van der Waals surface area (Å²) in [5.74, 6) is 0.671. The van der Waals surface area contributed by atoms with Crippen molar-refractivity contribution in [2.75, 3.05) is 5.32 Å². The van der Waals surface area contributed by atoms with E-state index in [1.165, 1.54) is 17.4 Å². The lowest BCUT2D eigenvalue weighted by Gasteiger charge is -2.15. The fourth-order valence-corrected chi connectivity index (χ4v) is 3.00. The number of nitrogens with zero attached hydrogens (tertiary/aromatic N) is 1. The Morgan fingerprint density at radius 1 is 1.08 bits per heavy atom. The van der Waals surface area contributed by atoms with Gasteiger partial charge in [-0.2, -0.15) is 13.2 Å². The van der Waals surface area contributed by atoms with E-state index in [-0.39, 0.29) is 6.10 Å². The van der Waals surface area contributed by atoms with Crippen molar-refractivity contribution in [1.82, 2.24) is 4.98 Å². The maximum atomic E-state index is 13.1. The van der Waals surface area contributed by atoms with Crippen LogP contribution in [-0.4, -0.2) is 11.1 Å². The highest BCUT2D eigenvalue weighted by atomic mass is 32.1. The van der Waals surface area contributed by atoms with Gasteiger partial charge in [-0.1, -0.05) is 12.1 Å². The number of alkyl halides is 3. The van der Waals surface area contributed by atoms with Crippen molar-refractivity contribution in [3.8, 4) is 16.9 Å². The molecule has 3 nitrogen and oxygen atoms in total. The van der Waals surface area contributed by atoms with Crippen molar-refractivity contribution in [2.24, 2.45) is 0 Å². The summed E-state index contributed by atoms with van der Waals surface area (Å²) in [6.45, 7) is 3.83. The van der Waals surface area contributed by atoms with Crippen LogP contribution in [0.25, 0.3) is 11.1 Å². The molecular weight excluding hydrogens is 361 g/mol. The Balaban J connectivity index is 2.01. The second kappa shape index (κ2) is 7.37. The molecule has 136 valence electrons. The Bertz CT molecular complexity index is 859. The fourth-order valence-electron chi connectivity index (χ4n) is 2.45. The average Bonchev–Trinajstić information content (AvgIpc) is 3.07. The summed E-state index contributed by atoms with van der Waals surface area (Å²) in [7, 11) is 0. The van der Waals surface area contributed by atoms with E-state index in [0.29, 0.717) is 27.7 Å². The lowest BCUT2D eigenvalue weighted by molar-refractivity contribution is -0.137. The van der Waals surface area contributed by atoms with Gasteiger partial charge in [-0.15, -0.1) is 11.3 Å². The molecule has 3 rings (SSSR count). The summed E-state index contributed by atoms with van der Waals surface area (Å²) in [5, 5.41) is 5.50. The van der Waals surface area contributed by atoms with Gasteiger partial charge < -0.3 is 10.1 Å². The molecule has 0 aliphatic carbocycles. The van der Waals surface area contributed by atoms with Gasteiger partial charge in [0.2, 0.25) is 0 Å². The van der Waals surface area contributed by atoms with E-state index in [1.807, 2.05) is 13.8 Å². The van der Waals surface area contributed by atoms with Crippen LogP contribution in [-0.2, 0) is 6.18 Å². The zero-order valence-corrected chi connectivity index (χ0v) is 15.0. The number of anilines is 2. The second-order valence-corrected chi connectivity index (χ2v) is 6.81. The number of aromatic nitrogens is 1. The van der Waals surface area contributed by atoms with Crippen molar-refractivity contribution in [2.45, 2.75) is 26.1 Å². The van der Waals surface area contributed by atoms with Gasteiger partial charge in [0, 0.05) is 22.8 Å². The van der Waals surface area contributed by atoms with Crippen molar-refractivity contribution in [1.29, 1.82) is 0 Å². The normalized spacial score (nSPS) is 11.6. The van der Waals surface area contributed by atoms with E-state index >= 15 is 0 Å². The molecule has 0 radical (unpaired) electrons. The Hall–Kier alpha value is -2.54. The molecule has 0 bridgehead atoms. The molecule has 0 aliphatic heterocycles. The van der Waals surface area contributed by atoms with Crippen LogP contribution in [0.5, 0.6) is 5.75 Å². The van der Waals surface area contributed by atoms with Crippen LogP contribution in [0.2, 0.25) is 0 Å². The molecule has 1 aromatic heterocycles. The molecule has 0 aliphatic rings. The molecule has 1 N–H and O–H groups in total. The maximum absolute atomic E-state index is 13.1. The number of rotatable bonds is 5. The van der Waals surface area contributed by atoms with E-state index in [2.05, 4.69) is 10.3 Å². The van der Waals surface area contributed by atoms with Gasteiger partial charge in [-0.05, 0) is 49.7 Å². The van der Waals surface area contributed by atoms with Crippen LogP contribution in [0, 0.1) is 0 Å². The molecular formula is C19H17F3N2OS. The summed E-state index contributed by atoms with van der Waals surface area (Å²) in [4.78, 5) is 4.13. The van der Waals surface area contributed by atoms with Crippen LogP contribution in [0.15, 0.2) is 54.0 Å². The number of hydrogen-bond acceptors (Lipinski definition) is 4. The molecule has 0 unspecified atom stereocenters. The third-order valence-corrected chi connectivity index (χ3v) is 4.25.